The topological polar surface area (TPSA) is 40.6 Å². The minimum atomic E-state index is -0.229. The molecule has 1 fully saturated rings. The molecule has 0 radical (unpaired) electrons. The highest BCUT2D eigenvalue weighted by atomic mass is 35.5. The molecule has 120 valence electrons. The minimum Gasteiger partial charge on any atom is -0.341 e. The van der Waals surface area contributed by atoms with Crippen molar-refractivity contribution < 1.29 is 9.59 Å². The number of likely N-dealkylation sites (tertiary alicyclic amines) is 1. The van der Waals surface area contributed by atoms with Crippen molar-refractivity contribution in [2.75, 3.05) is 24.5 Å². The van der Waals surface area contributed by atoms with Gasteiger partial charge in [-0.25, -0.2) is 0 Å². The number of halogens is 2. The van der Waals surface area contributed by atoms with Gasteiger partial charge in [-0.1, -0.05) is 42.1 Å². The van der Waals surface area contributed by atoms with Gasteiger partial charge in [0.05, 0.1) is 15.7 Å². The van der Waals surface area contributed by atoms with Crippen molar-refractivity contribution in [1.29, 1.82) is 0 Å². The van der Waals surface area contributed by atoms with Gasteiger partial charge in [0.25, 0.3) is 0 Å². The fraction of sp³-hybridized carbons (Fsp3) is 0.500. The Morgan fingerprint density at radius 1 is 1.14 bits per heavy atom. The number of hydrogen-bond donors (Lipinski definition) is 0. The first-order valence-electron chi connectivity index (χ1n) is 7.50. The molecule has 1 heterocycles. The highest BCUT2D eigenvalue weighted by Gasteiger charge is 2.23. The third-order valence-electron chi connectivity index (χ3n) is 3.85. The van der Waals surface area contributed by atoms with E-state index >= 15 is 0 Å². The van der Waals surface area contributed by atoms with Crippen LogP contribution >= 0.6 is 23.2 Å². The summed E-state index contributed by atoms with van der Waals surface area (Å²) in [6.07, 6.45) is 4.34. The summed E-state index contributed by atoms with van der Waals surface area (Å²) in [6.45, 7) is 2.93. The van der Waals surface area contributed by atoms with Crippen LogP contribution in [0.25, 0.3) is 0 Å². The second kappa shape index (κ2) is 7.84. The zero-order chi connectivity index (χ0) is 16.1. The lowest BCUT2D eigenvalue weighted by Crippen LogP contribution is -2.42. The van der Waals surface area contributed by atoms with Gasteiger partial charge >= 0.3 is 0 Å². The molecule has 1 aromatic carbocycles. The Morgan fingerprint density at radius 3 is 2.36 bits per heavy atom. The highest BCUT2D eigenvalue weighted by Crippen LogP contribution is 2.32. The molecule has 1 aliphatic heterocycles. The van der Waals surface area contributed by atoms with Crippen LogP contribution < -0.4 is 4.90 Å². The van der Waals surface area contributed by atoms with Gasteiger partial charge in [0, 0.05) is 20.0 Å². The second-order valence-electron chi connectivity index (χ2n) is 5.47. The Hall–Kier alpha value is -1.26. The van der Waals surface area contributed by atoms with E-state index in [-0.39, 0.29) is 18.4 Å². The molecule has 6 heteroatoms. The number of amides is 2. The van der Waals surface area contributed by atoms with Crippen LogP contribution in [0.5, 0.6) is 0 Å². The van der Waals surface area contributed by atoms with Crippen molar-refractivity contribution in [2.45, 2.75) is 32.6 Å². The summed E-state index contributed by atoms with van der Waals surface area (Å²) >= 11 is 12.2. The molecule has 1 saturated heterocycles. The Balaban J connectivity index is 2.16. The van der Waals surface area contributed by atoms with Crippen LogP contribution in [0, 0.1) is 0 Å². The maximum Gasteiger partial charge on any atom is 0.242 e. The van der Waals surface area contributed by atoms with E-state index in [1.54, 1.807) is 18.2 Å². The van der Waals surface area contributed by atoms with Gasteiger partial charge in [-0.3, -0.25) is 9.59 Å². The van der Waals surface area contributed by atoms with Crippen molar-refractivity contribution in [2.24, 2.45) is 0 Å². The van der Waals surface area contributed by atoms with Gasteiger partial charge < -0.3 is 9.80 Å². The lowest BCUT2D eigenvalue weighted by Gasteiger charge is -2.26. The molecule has 1 aromatic rings. The van der Waals surface area contributed by atoms with E-state index in [0.29, 0.717) is 15.7 Å². The van der Waals surface area contributed by atoms with E-state index in [0.717, 1.165) is 38.8 Å². The fourth-order valence-corrected chi connectivity index (χ4v) is 3.02. The number of anilines is 1. The number of benzene rings is 1. The second-order valence-corrected chi connectivity index (χ2v) is 6.26. The molecule has 1 aliphatic rings. The van der Waals surface area contributed by atoms with Crippen molar-refractivity contribution in [3.05, 3.63) is 28.2 Å². The Kier molecular flexibility index (Phi) is 6.09. The summed E-state index contributed by atoms with van der Waals surface area (Å²) in [6, 6.07) is 5.07. The van der Waals surface area contributed by atoms with Crippen molar-refractivity contribution in [3.8, 4) is 0 Å². The molecule has 0 bridgehead atoms. The lowest BCUT2D eigenvalue weighted by molar-refractivity contribution is -0.131. The van der Waals surface area contributed by atoms with Crippen LogP contribution in [-0.4, -0.2) is 36.3 Å². The van der Waals surface area contributed by atoms with Gasteiger partial charge in [-0.2, -0.15) is 0 Å². The molecule has 4 nitrogen and oxygen atoms in total. The number of carbonyl (C=O) groups excluding carboxylic acids is 2. The maximum absolute atomic E-state index is 12.5. The molecule has 0 saturated carbocycles. The Bertz CT molecular complexity index is 555. The summed E-state index contributed by atoms with van der Waals surface area (Å²) < 4.78 is 0. The summed E-state index contributed by atoms with van der Waals surface area (Å²) in [5.41, 5.74) is 0.477. The largest absolute Gasteiger partial charge is 0.341 e. The Morgan fingerprint density at radius 2 is 1.77 bits per heavy atom. The van der Waals surface area contributed by atoms with Crippen molar-refractivity contribution in [3.63, 3.8) is 0 Å². The third-order valence-corrected chi connectivity index (χ3v) is 4.66. The molecular weight excluding hydrogens is 323 g/mol. The predicted octanol–water partition coefficient (Wildman–Crippen LogP) is 3.75. The highest BCUT2D eigenvalue weighted by molar-refractivity contribution is 6.44. The molecule has 0 aliphatic carbocycles. The molecule has 0 unspecified atom stereocenters. The van der Waals surface area contributed by atoms with E-state index in [9.17, 15) is 9.59 Å². The quantitative estimate of drug-likeness (QED) is 0.839. The predicted molar refractivity (Wildman–Crippen MR) is 89.5 cm³/mol. The van der Waals surface area contributed by atoms with Crippen LogP contribution in [0.4, 0.5) is 5.69 Å². The molecule has 22 heavy (non-hydrogen) atoms. The zero-order valence-electron chi connectivity index (χ0n) is 12.6. The number of rotatable bonds is 3. The van der Waals surface area contributed by atoms with E-state index in [1.807, 2.05) is 4.90 Å². The van der Waals surface area contributed by atoms with Crippen LogP contribution in [0.1, 0.15) is 32.6 Å². The van der Waals surface area contributed by atoms with Crippen LogP contribution in [0.15, 0.2) is 18.2 Å². The van der Waals surface area contributed by atoms with Gasteiger partial charge in [0.15, 0.2) is 0 Å². The minimum absolute atomic E-state index is 0.00457. The summed E-state index contributed by atoms with van der Waals surface area (Å²) in [5.74, 6) is -0.277. The first kappa shape index (κ1) is 17.1. The van der Waals surface area contributed by atoms with Gasteiger partial charge in [-0.05, 0) is 25.0 Å². The normalized spacial score (nSPS) is 15.3. The average Bonchev–Trinajstić information content (AvgIpc) is 2.76. The maximum atomic E-state index is 12.5. The molecule has 0 N–H and O–H groups in total. The first-order chi connectivity index (χ1) is 10.5. The molecule has 2 amide bonds. The number of carbonyl (C=O) groups is 2. The van der Waals surface area contributed by atoms with Crippen LogP contribution in [-0.2, 0) is 9.59 Å². The average molecular weight is 343 g/mol. The van der Waals surface area contributed by atoms with Gasteiger partial charge in [0.1, 0.15) is 6.54 Å². The van der Waals surface area contributed by atoms with E-state index < -0.39 is 0 Å². The van der Waals surface area contributed by atoms with Gasteiger partial charge in [-0.15, -0.1) is 0 Å². The molecule has 2 rings (SSSR count). The smallest absolute Gasteiger partial charge is 0.242 e. The third kappa shape index (κ3) is 4.14. The fourth-order valence-electron chi connectivity index (χ4n) is 2.62. The van der Waals surface area contributed by atoms with Crippen LogP contribution in [0.3, 0.4) is 0 Å². The van der Waals surface area contributed by atoms with Crippen molar-refractivity contribution in [1.82, 2.24) is 4.90 Å². The zero-order valence-corrected chi connectivity index (χ0v) is 14.2. The standard InChI is InChI=1S/C16H20Cl2N2O2/c1-12(21)20(14-8-6-7-13(17)16(14)18)11-15(22)19-9-4-2-3-5-10-19/h6-8H,2-5,9-11H2,1H3. The monoisotopic (exact) mass is 342 g/mol. The van der Waals surface area contributed by atoms with E-state index in [1.165, 1.54) is 11.8 Å². The van der Waals surface area contributed by atoms with Crippen LogP contribution in [0.2, 0.25) is 10.0 Å². The SMILES string of the molecule is CC(=O)N(CC(=O)N1CCCCCC1)c1cccc(Cl)c1Cl. The van der Waals surface area contributed by atoms with E-state index in [2.05, 4.69) is 0 Å². The summed E-state index contributed by atoms with van der Waals surface area (Å²) in [7, 11) is 0. The number of nitrogens with zero attached hydrogens (tertiary/aromatic N) is 2. The van der Waals surface area contributed by atoms with E-state index in [4.69, 9.17) is 23.2 Å². The lowest BCUT2D eigenvalue weighted by atomic mass is 10.2. The Labute approximate surface area is 141 Å². The van der Waals surface area contributed by atoms with Crippen molar-refractivity contribution >= 4 is 40.7 Å². The number of hydrogen-bond acceptors (Lipinski definition) is 2. The summed E-state index contributed by atoms with van der Waals surface area (Å²) in [5, 5.41) is 0.663. The molecule has 0 atom stereocenters. The first-order valence-corrected chi connectivity index (χ1v) is 8.26. The molecule has 0 aromatic heterocycles. The molecule has 0 spiro atoms. The molecular formula is C16H20Cl2N2O2. The van der Waals surface area contributed by atoms with Gasteiger partial charge in [0.2, 0.25) is 11.8 Å². The summed E-state index contributed by atoms with van der Waals surface area (Å²) in [4.78, 5) is 27.7.